The summed E-state index contributed by atoms with van der Waals surface area (Å²) in [5, 5.41) is 35.7. The standard InChI is InChI=1S/C30H25N9O8S2/c1-16-10-18(33-34-19-7-9-26(17(2)11-19)37-38-27-15-28(39(40)41)24(32)14-23(27)31)6-8-25(16)36-35-20-12-22-21(30(13-20)49(45,46)47)4-3-5-29(22)48(42,43)44/h3-15H,31-32H2,1-2H3,(H,42,43,44)(H,45,46,47). The maximum absolute atomic E-state index is 12.1. The summed E-state index contributed by atoms with van der Waals surface area (Å²) in [6, 6.07) is 18.1. The van der Waals surface area contributed by atoms with Gasteiger partial charge in [-0.25, -0.2) is 0 Å². The molecule has 0 amide bonds. The largest absolute Gasteiger partial charge is 0.397 e. The lowest BCUT2D eigenvalue weighted by molar-refractivity contribution is -0.383. The van der Waals surface area contributed by atoms with Crippen molar-refractivity contribution < 1.29 is 30.9 Å². The van der Waals surface area contributed by atoms with Crippen molar-refractivity contribution in [1.82, 2.24) is 0 Å². The molecular weight excluding hydrogens is 679 g/mol. The molecule has 0 fully saturated rings. The maximum atomic E-state index is 12.1. The number of azo groups is 3. The molecule has 0 aliphatic heterocycles. The van der Waals surface area contributed by atoms with E-state index in [0.717, 1.165) is 18.2 Å². The van der Waals surface area contributed by atoms with Gasteiger partial charge in [-0.2, -0.15) is 42.4 Å². The van der Waals surface area contributed by atoms with Crippen molar-refractivity contribution in [3.63, 3.8) is 0 Å². The van der Waals surface area contributed by atoms with E-state index in [1.807, 2.05) is 0 Å². The number of hydrogen-bond donors (Lipinski definition) is 4. The minimum Gasteiger partial charge on any atom is -0.397 e. The van der Waals surface area contributed by atoms with E-state index in [4.69, 9.17) is 11.5 Å². The van der Waals surface area contributed by atoms with Crippen LogP contribution in [-0.2, 0) is 20.2 Å². The van der Waals surface area contributed by atoms with Gasteiger partial charge in [0.05, 0.1) is 39.0 Å². The van der Waals surface area contributed by atoms with Crippen molar-refractivity contribution >= 4 is 82.2 Å². The third-order valence-corrected chi connectivity index (χ3v) is 8.82. The van der Waals surface area contributed by atoms with Crippen LogP contribution < -0.4 is 11.5 Å². The zero-order chi connectivity index (χ0) is 35.7. The first-order valence-electron chi connectivity index (χ1n) is 13.8. The second kappa shape index (κ2) is 13.2. The molecule has 0 saturated heterocycles. The normalized spacial score (nSPS) is 12.5. The van der Waals surface area contributed by atoms with Gasteiger partial charge in [0.15, 0.2) is 0 Å². The molecule has 0 aliphatic rings. The fourth-order valence-corrected chi connectivity index (χ4v) is 6.05. The van der Waals surface area contributed by atoms with E-state index in [9.17, 15) is 36.1 Å². The molecule has 0 spiro atoms. The minimum absolute atomic E-state index is 0.0846. The highest BCUT2D eigenvalue weighted by molar-refractivity contribution is 7.86. The topological polar surface area (TPSA) is 278 Å². The number of benzene rings is 5. The highest BCUT2D eigenvalue weighted by Crippen LogP contribution is 2.36. The molecule has 0 heterocycles. The predicted molar refractivity (Wildman–Crippen MR) is 180 cm³/mol. The van der Waals surface area contributed by atoms with Gasteiger partial charge in [-0.05, 0) is 85.6 Å². The molecule has 0 atom stereocenters. The summed E-state index contributed by atoms with van der Waals surface area (Å²) in [7, 11) is -9.55. The number of aryl methyl sites for hydroxylation is 2. The first-order chi connectivity index (χ1) is 23.0. The van der Waals surface area contributed by atoms with Gasteiger partial charge < -0.3 is 11.5 Å². The van der Waals surface area contributed by atoms with E-state index in [1.54, 1.807) is 50.2 Å². The Morgan fingerprint density at radius 2 is 1.12 bits per heavy atom. The van der Waals surface area contributed by atoms with Crippen LogP contribution in [-0.4, -0.2) is 30.9 Å². The number of anilines is 2. The summed E-state index contributed by atoms with van der Waals surface area (Å²) in [6.45, 7) is 3.49. The van der Waals surface area contributed by atoms with Crippen LogP contribution >= 0.6 is 0 Å². The quantitative estimate of drug-likeness (QED) is 0.0374. The van der Waals surface area contributed by atoms with Gasteiger partial charge in [-0.15, -0.1) is 5.11 Å². The van der Waals surface area contributed by atoms with E-state index in [0.29, 0.717) is 33.9 Å². The van der Waals surface area contributed by atoms with Crippen molar-refractivity contribution in [2.45, 2.75) is 23.6 Å². The molecule has 19 heteroatoms. The molecular formula is C30H25N9O8S2. The van der Waals surface area contributed by atoms with Crippen molar-refractivity contribution in [3.8, 4) is 0 Å². The molecule has 0 radical (unpaired) electrons. The van der Waals surface area contributed by atoms with E-state index in [1.165, 1.54) is 24.3 Å². The van der Waals surface area contributed by atoms with Gasteiger partial charge in [0, 0.05) is 16.8 Å². The molecule has 0 unspecified atom stereocenters. The zero-order valence-corrected chi connectivity index (χ0v) is 27.1. The predicted octanol–water partition coefficient (Wildman–Crippen LogP) is 8.27. The maximum Gasteiger partial charge on any atom is 0.295 e. The Kier molecular flexibility index (Phi) is 9.27. The third kappa shape index (κ3) is 7.76. The second-order valence-electron chi connectivity index (χ2n) is 10.5. The molecule has 5 aromatic carbocycles. The van der Waals surface area contributed by atoms with Crippen molar-refractivity contribution in [2.75, 3.05) is 11.5 Å². The Labute approximate surface area is 278 Å². The summed E-state index contributed by atoms with van der Waals surface area (Å²) in [5.41, 5.74) is 14.3. The summed E-state index contributed by atoms with van der Waals surface area (Å²) >= 11 is 0. The molecule has 0 saturated carbocycles. The Hall–Kier alpha value is -6.02. The number of fused-ring (bicyclic) bond motifs is 1. The van der Waals surface area contributed by atoms with E-state index in [2.05, 4.69) is 30.7 Å². The fourth-order valence-electron chi connectivity index (χ4n) is 4.62. The Morgan fingerprint density at radius 1 is 0.592 bits per heavy atom. The second-order valence-corrected chi connectivity index (χ2v) is 13.3. The van der Waals surface area contributed by atoms with Crippen molar-refractivity contribution in [3.05, 3.63) is 100 Å². The van der Waals surface area contributed by atoms with E-state index >= 15 is 0 Å². The monoisotopic (exact) mass is 703 g/mol. The molecule has 49 heavy (non-hydrogen) atoms. The minimum atomic E-state index is -4.81. The summed E-state index contributed by atoms with van der Waals surface area (Å²) in [4.78, 5) is 9.37. The van der Waals surface area contributed by atoms with Crippen LogP contribution in [0.1, 0.15) is 11.1 Å². The SMILES string of the molecule is Cc1cc(N=Nc2ccc(N=Nc3cc([N+](=O)[O-])c(N)cc3N)c(C)c2)ccc1N=Nc1cc(S(=O)(=O)O)c2cccc(S(=O)(=O)O)c2c1. The molecule has 6 N–H and O–H groups in total. The van der Waals surface area contributed by atoms with Crippen LogP contribution in [0.2, 0.25) is 0 Å². The number of hydrogen-bond acceptors (Lipinski definition) is 14. The summed E-state index contributed by atoms with van der Waals surface area (Å²) in [6.07, 6.45) is 0. The lowest BCUT2D eigenvalue weighted by Crippen LogP contribution is -2.03. The van der Waals surface area contributed by atoms with Gasteiger partial charge >= 0.3 is 0 Å². The summed E-state index contributed by atoms with van der Waals surface area (Å²) in [5.74, 6) is 0. The Balaban J connectivity index is 1.36. The summed E-state index contributed by atoms with van der Waals surface area (Å²) < 4.78 is 67.4. The smallest absolute Gasteiger partial charge is 0.295 e. The number of rotatable bonds is 9. The Morgan fingerprint density at radius 3 is 1.65 bits per heavy atom. The van der Waals surface area contributed by atoms with Crippen LogP contribution in [0.25, 0.3) is 10.8 Å². The van der Waals surface area contributed by atoms with Gasteiger partial charge in [-0.1, -0.05) is 12.1 Å². The van der Waals surface area contributed by atoms with Crippen LogP contribution in [0.4, 0.5) is 51.2 Å². The van der Waals surface area contributed by atoms with Gasteiger partial charge in [0.1, 0.15) is 21.2 Å². The average molecular weight is 704 g/mol. The van der Waals surface area contributed by atoms with Crippen LogP contribution in [0.5, 0.6) is 0 Å². The number of nitro benzene ring substituents is 1. The molecule has 5 aromatic rings. The van der Waals surface area contributed by atoms with E-state index in [-0.39, 0.29) is 39.2 Å². The van der Waals surface area contributed by atoms with Gasteiger partial charge in [0.25, 0.3) is 25.9 Å². The van der Waals surface area contributed by atoms with Crippen molar-refractivity contribution in [2.24, 2.45) is 30.7 Å². The van der Waals surface area contributed by atoms with Crippen molar-refractivity contribution in [1.29, 1.82) is 0 Å². The number of nitrogens with zero attached hydrogens (tertiary/aromatic N) is 7. The highest BCUT2D eigenvalue weighted by atomic mass is 32.2. The Bertz CT molecular complexity index is 2480. The zero-order valence-electron chi connectivity index (χ0n) is 25.5. The van der Waals surface area contributed by atoms with Crippen LogP contribution in [0.15, 0.2) is 119 Å². The van der Waals surface area contributed by atoms with Crippen LogP contribution in [0.3, 0.4) is 0 Å². The molecule has 0 bridgehead atoms. The first kappa shape index (κ1) is 34.3. The molecule has 250 valence electrons. The highest BCUT2D eigenvalue weighted by Gasteiger charge is 2.21. The third-order valence-electron chi connectivity index (χ3n) is 7.01. The fraction of sp³-hybridized carbons (Fsp3) is 0.0667. The van der Waals surface area contributed by atoms with Gasteiger partial charge in [-0.3, -0.25) is 19.2 Å². The van der Waals surface area contributed by atoms with Gasteiger partial charge in [0.2, 0.25) is 0 Å². The average Bonchev–Trinajstić information content (AvgIpc) is 3.01. The molecule has 17 nitrogen and oxygen atoms in total. The molecule has 0 aliphatic carbocycles. The lowest BCUT2D eigenvalue weighted by atomic mass is 10.1. The number of nitrogens with two attached hydrogens (primary N) is 2. The first-order valence-corrected chi connectivity index (χ1v) is 16.7. The molecule has 5 rings (SSSR count). The lowest BCUT2D eigenvalue weighted by Gasteiger charge is -2.09. The van der Waals surface area contributed by atoms with Crippen LogP contribution in [0, 0.1) is 24.0 Å². The number of nitro groups is 1. The number of nitrogen functional groups attached to an aromatic ring is 2. The van der Waals surface area contributed by atoms with E-state index < -0.39 is 35.0 Å². The molecule has 0 aromatic heterocycles.